The summed E-state index contributed by atoms with van der Waals surface area (Å²) in [4.78, 5) is 0. The number of ether oxygens (including phenoxy) is 1. The first-order chi connectivity index (χ1) is 9.26. The molecule has 0 aliphatic heterocycles. The molecule has 0 radical (unpaired) electrons. The van der Waals surface area contributed by atoms with Crippen molar-refractivity contribution in [2.75, 3.05) is 6.54 Å². The van der Waals surface area contributed by atoms with Gasteiger partial charge in [0.2, 0.25) is 0 Å². The third-order valence-corrected chi connectivity index (χ3v) is 3.55. The van der Waals surface area contributed by atoms with Crippen molar-refractivity contribution < 1.29 is 4.74 Å². The van der Waals surface area contributed by atoms with E-state index >= 15 is 0 Å². The molecule has 0 spiro atoms. The Morgan fingerprint density at radius 2 is 1.68 bits per heavy atom. The van der Waals surface area contributed by atoms with Gasteiger partial charge in [0.1, 0.15) is 5.75 Å². The largest absolute Gasteiger partial charge is 0.490 e. The molecule has 0 saturated carbocycles. The van der Waals surface area contributed by atoms with Crippen LogP contribution in [-0.2, 0) is 0 Å². The van der Waals surface area contributed by atoms with E-state index in [9.17, 15) is 0 Å². The summed E-state index contributed by atoms with van der Waals surface area (Å²) in [6.07, 6.45) is 4.69. The zero-order chi connectivity index (χ0) is 14.1. The maximum Gasteiger partial charge on any atom is 0.124 e. The first-order valence-electron chi connectivity index (χ1n) is 7.75. The molecule has 108 valence electrons. The summed E-state index contributed by atoms with van der Waals surface area (Å²) in [7, 11) is 0. The van der Waals surface area contributed by atoms with E-state index in [0.29, 0.717) is 12.1 Å². The molecular weight excluding hydrogens is 234 g/mol. The molecule has 1 unspecified atom stereocenters. The zero-order valence-corrected chi connectivity index (χ0v) is 12.9. The Hall–Kier alpha value is -1.02. The number of benzene rings is 1. The molecule has 0 fully saturated rings. The van der Waals surface area contributed by atoms with Crippen LogP contribution in [0.4, 0.5) is 0 Å². The van der Waals surface area contributed by atoms with E-state index in [0.717, 1.165) is 38.0 Å². The van der Waals surface area contributed by atoms with Crippen LogP contribution in [0.2, 0.25) is 0 Å². The van der Waals surface area contributed by atoms with Gasteiger partial charge < -0.3 is 10.1 Å². The van der Waals surface area contributed by atoms with Crippen LogP contribution < -0.4 is 10.1 Å². The van der Waals surface area contributed by atoms with Gasteiger partial charge in [-0.25, -0.2) is 0 Å². The summed E-state index contributed by atoms with van der Waals surface area (Å²) >= 11 is 0. The average molecular weight is 263 g/mol. The predicted molar refractivity (Wildman–Crippen MR) is 82.8 cm³/mol. The van der Waals surface area contributed by atoms with Gasteiger partial charge in [-0.2, -0.15) is 0 Å². The SMILES string of the molecule is CCCNC(CC)c1ccccc1OC(CC)CC. The van der Waals surface area contributed by atoms with Crippen molar-refractivity contribution in [3.8, 4) is 5.75 Å². The molecule has 2 nitrogen and oxygen atoms in total. The minimum atomic E-state index is 0.324. The highest BCUT2D eigenvalue weighted by atomic mass is 16.5. The van der Waals surface area contributed by atoms with Gasteiger partial charge in [-0.05, 0) is 38.3 Å². The van der Waals surface area contributed by atoms with Crippen molar-refractivity contribution in [2.24, 2.45) is 0 Å². The molecule has 0 bridgehead atoms. The van der Waals surface area contributed by atoms with E-state index in [-0.39, 0.29) is 0 Å². The minimum Gasteiger partial charge on any atom is -0.490 e. The van der Waals surface area contributed by atoms with Crippen molar-refractivity contribution in [3.63, 3.8) is 0 Å². The Balaban J connectivity index is 2.86. The molecule has 19 heavy (non-hydrogen) atoms. The van der Waals surface area contributed by atoms with Crippen LogP contribution >= 0.6 is 0 Å². The topological polar surface area (TPSA) is 21.3 Å². The summed E-state index contributed by atoms with van der Waals surface area (Å²) in [5.74, 6) is 1.05. The van der Waals surface area contributed by atoms with Crippen LogP contribution in [0.3, 0.4) is 0 Å². The van der Waals surface area contributed by atoms with Crippen molar-refractivity contribution in [1.29, 1.82) is 0 Å². The lowest BCUT2D eigenvalue weighted by Gasteiger charge is -2.23. The Morgan fingerprint density at radius 1 is 1.00 bits per heavy atom. The van der Waals surface area contributed by atoms with Crippen molar-refractivity contribution in [1.82, 2.24) is 5.32 Å². The summed E-state index contributed by atoms with van der Waals surface area (Å²) in [6.45, 7) is 9.85. The van der Waals surface area contributed by atoms with E-state index in [1.807, 2.05) is 0 Å². The first kappa shape index (κ1) is 16.0. The van der Waals surface area contributed by atoms with Gasteiger partial charge in [-0.3, -0.25) is 0 Å². The van der Waals surface area contributed by atoms with Crippen LogP contribution in [0.1, 0.15) is 65.0 Å². The van der Waals surface area contributed by atoms with Crippen LogP contribution in [0.15, 0.2) is 24.3 Å². The zero-order valence-electron chi connectivity index (χ0n) is 12.9. The highest BCUT2D eigenvalue weighted by Gasteiger charge is 2.15. The third kappa shape index (κ3) is 4.87. The Kier molecular flexibility index (Phi) is 7.57. The number of hydrogen-bond donors (Lipinski definition) is 1. The average Bonchev–Trinajstić information content (AvgIpc) is 2.46. The van der Waals surface area contributed by atoms with Crippen LogP contribution in [0.25, 0.3) is 0 Å². The fourth-order valence-corrected chi connectivity index (χ4v) is 2.30. The maximum atomic E-state index is 6.17. The van der Waals surface area contributed by atoms with Gasteiger partial charge in [0.05, 0.1) is 6.10 Å². The van der Waals surface area contributed by atoms with Gasteiger partial charge in [0.25, 0.3) is 0 Å². The normalized spacial score (nSPS) is 12.7. The number of hydrogen-bond acceptors (Lipinski definition) is 2. The van der Waals surface area contributed by atoms with Gasteiger partial charge in [-0.15, -0.1) is 0 Å². The lowest BCUT2D eigenvalue weighted by atomic mass is 10.0. The Labute approximate surface area is 118 Å². The van der Waals surface area contributed by atoms with E-state index in [1.165, 1.54) is 5.56 Å². The Morgan fingerprint density at radius 3 is 2.26 bits per heavy atom. The molecule has 1 aromatic carbocycles. The standard InChI is InChI=1S/C17H29NO/c1-5-13-18-16(8-4)15-11-9-10-12-17(15)19-14(6-2)7-3/h9-12,14,16,18H,5-8,13H2,1-4H3. The minimum absolute atomic E-state index is 0.324. The Bertz CT molecular complexity index is 347. The van der Waals surface area contributed by atoms with Crippen molar-refractivity contribution in [3.05, 3.63) is 29.8 Å². The number of nitrogens with one attached hydrogen (secondary N) is 1. The smallest absolute Gasteiger partial charge is 0.124 e. The summed E-state index contributed by atoms with van der Waals surface area (Å²) in [5.41, 5.74) is 1.30. The van der Waals surface area contributed by atoms with E-state index < -0.39 is 0 Å². The number of para-hydroxylation sites is 1. The summed E-state index contributed by atoms with van der Waals surface area (Å²) < 4.78 is 6.17. The molecule has 0 amide bonds. The quantitative estimate of drug-likeness (QED) is 0.697. The summed E-state index contributed by atoms with van der Waals surface area (Å²) in [5, 5.41) is 3.61. The van der Waals surface area contributed by atoms with Crippen LogP contribution in [0.5, 0.6) is 5.75 Å². The monoisotopic (exact) mass is 263 g/mol. The van der Waals surface area contributed by atoms with Crippen LogP contribution in [-0.4, -0.2) is 12.6 Å². The van der Waals surface area contributed by atoms with Gasteiger partial charge >= 0.3 is 0 Å². The second kappa shape index (κ2) is 8.98. The lowest BCUT2D eigenvalue weighted by molar-refractivity contribution is 0.189. The molecule has 0 saturated heterocycles. The molecule has 0 aliphatic rings. The van der Waals surface area contributed by atoms with E-state index in [4.69, 9.17) is 4.74 Å². The molecule has 0 aliphatic carbocycles. The van der Waals surface area contributed by atoms with Crippen molar-refractivity contribution in [2.45, 2.75) is 65.5 Å². The molecule has 1 rings (SSSR count). The fraction of sp³-hybridized carbons (Fsp3) is 0.647. The molecule has 1 aromatic rings. The predicted octanol–water partition coefficient (Wildman–Crippen LogP) is 4.70. The highest BCUT2D eigenvalue weighted by molar-refractivity contribution is 5.36. The maximum absolute atomic E-state index is 6.17. The first-order valence-corrected chi connectivity index (χ1v) is 7.75. The van der Waals surface area contributed by atoms with E-state index in [2.05, 4.69) is 57.3 Å². The van der Waals surface area contributed by atoms with Gasteiger partial charge in [-0.1, -0.05) is 45.9 Å². The van der Waals surface area contributed by atoms with Gasteiger partial charge in [0, 0.05) is 11.6 Å². The fourth-order valence-electron chi connectivity index (χ4n) is 2.30. The molecule has 1 N–H and O–H groups in total. The van der Waals surface area contributed by atoms with Crippen molar-refractivity contribution >= 4 is 0 Å². The molecular formula is C17H29NO. The lowest BCUT2D eigenvalue weighted by Crippen LogP contribution is -2.23. The second-order valence-corrected chi connectivity index (χ2v) is 5.01. The van der Waals surface area contributed by atoms with Gasteiger partial charge in [0.15, 0.2) is 0 Å². The molecule has 2 heteroatoms. The highest BCUT2D eigenvalue weighted by Crippen LogP contribution is 2.28. The molecule has 1 atom stereocenters. The van der Waals surface area contributed by atoms with E-state index in [1.54, 1.807) is 0 Å². The molecule has 0 heterocycles. The third-order valence-electron chi connectivity index (χ3n) is 3.55. The van der Waals surface area contributed by atoms with Crippen LogP contribution in [0, 0.1) is 0 Å². The molecule has 0 aromatic heterocycles. The number of rotatable bonds is 9. The summed E-state index contributed by atoms with van der Waals surface area (Å²) in [6, 6.07) is 8.85. The second-order valence-electron chi connectivity index (χ2n) is 5.01.